The highest BCUT2D eigenvalue weighted by atomic mass is 16.2. The first-order chi connectivity index (χ1) is 12.2. The average molecular weight is 346 g/mol. The number of rotatable bonds is 5. The fraction of sp³-hybridized carbons (Fsp3) is 0.684. The zero-order valence-electron chi connectivity index (χ0n) is 14.9. The third-order valence-electron chi connectivity index (χ3n) is 5.46. The Morgan fingerprint density at radius 3 is 2.72 bits per heavy atom. The summed E-state index contributed by atoms with van der Waals surface area (Å²) in [6.45, 7) is 2.03. The van der Waals surface area contributed by atoms with Crippen molar-refractivity contribution in [2.24, 2.45) is 5.92 Å². The Bertz CT molecular complexity index is 542. The zero-order chi connectivity index (χ0) is 17.5. The maximum Gasteiger partial charge on any atom is 0.318 e. The van der Waals surface area contributed by atoms with E-state index in [1.807, 2.05) is 18.2 Å². The van der Waals surface area contributed by atoms with Crippen LogP contribution in [0.2, 0.25) is 0 Å². The number of nitrogens with zero attached hydrogens (tertiary/aromatic N) is 1. The Morgan fingerprint density at radius 2 is 1.88 bits per heavy atom. The van der Waals surface area contributed by atoms with Crippen LogP contribution in [-0.2, 0) is 0 Å². The van der Waals surface area contributed by atoms with Gasteiger partial charge in [-0.2, -0.15) is 0 Å². The molecule has 3 rings (SSSR count). The standard InChI is InChI=1S/C19H30N4O2/c24-18(22-16-9-2-3-10-16)20-12-6-13-21-19(25)23-14-5-8-15-7-1-4-11-17(15)23/h2-3,9,15,17H,1,4-8,10-14H2,(H,21,25)(H2,20,22,24). The van der Waals surface area contributed by atoms with Crippen molar-refractivity contribution in [2.75, 3.05) is 19.6 Å². The number of allylic oxidation sites excluding steroid dienone is 3. The zero-order valence-corrected chi connectivity index (χ0v) is 14.9. The van der Waals surface area contributed by atoms with Gasteiger partial charge in [0.2, 0.25) is 0 Å². The smallest absolute Gasteiger partial charge is 0.318 e. The topological polar surface area (TPSA) is 73.5 Å². The van der Waals surface area contributed by atoms with Crippen LogP contribution in [0.1, 0.15) is 51.4 Å². The summed E-state index contributed by atoms with van der Waals surface area (Å²) in [7, 11) is 0. The van der Waals surface area contributed by atoms with Gasteiger partial charge in [-0.25, -0.2) is 9.59 Å². The van der Waals surface area contributed by atoms with Crippen molar-refractivity contribution in [3.05, 3.63) is 23.9 Å². The molecule has 2 unspecified atom stereocenters. The summed E-state index contributed by atoms with van der Waals surface area (Å²) in [5, 5.41) is 8.67. The van der Waals surface area contributed by atoms with Gasteiger partial charge in [-0.05, 0) is 44.1 Å². The number of nitrogens with one attached hydrogen (secondary N) is 3. The molecule has 1 saturated heterocycles. The molecule has 2 atom stereocenters. The number of carbonyl (C=O) groups is 2. The van der Waals surface area contributed by atoms with E-state index in [1.54, 1.807) is 0 Å². The van der Waals surface area contributed by atoms with Crippen LogP contribution in [-0.4, -0.2) is 42.6 Å². The van der Waals surface area contributed by atoms with Crippen LogP contribution in [0.25, 0.3) is 0 Å². The molecule has 2 aliphatic carbocycles. The fourth-order valence-electron chi connectivity index (χ4n) is 4.19. The first-order valence-corrected chi connectivity index (χ1v) is 9.69. The van der Waals surface area contributed by atoms with E-state index in [0.29, 0.717) is 25.0 Å². The molecular formula is C19H30N4O2. The summed E-state index contributed by atoms with van der Waals surface area (Å²) in [6, 6.07) is 0.338. The predicted molar refractivity (Wildman–Crippen MR) is 98.1 cm³/mol. The molecule has 138 valence electrons. The molecule has 0 aromatic heterocycles. The first kappa shape index (κ1) is 17.8. The highest BCUT2D eigenvalue weighted by molar-refractivity contribution is 5.76. The molecule has 0 spiro atoms. The van der Waals surface area contributed by atoms with Crippen LogP contribution < -0.4 is 16.0 Å². The quantitative estimate of drug-likeness (QED) is 0.670. The molecule has 0 bridgehead atoms. The van der Waals surface area contributed by atoms with Gasteiger partial charge in [-0.15, -0.1) is 0 Å². The number of hydrogen-bond donors (Lipinski definition) is 3. The lowest BCUT2D eigenvalue weighted by Gasteiger charge is -2.44. The van der Waals surface area contributed by atoms with Crippen LogP contribution in [0.3, 0.4) is 0 Å². The minimum Gasteiger partial charge on any atom is -0.338 e. The van der Waals surface area contributed by atoms with E-state index >= 15 is 0 Å². The summed E-state index contributed by atoms with van der Waals surface area (Å²) in [4.78, 5) is 26.3. The van der Waals surface area contributed by atoms with Crippen molar-refractivity contribution in [2.45, 2.75) is 57.4 Å². The third-order valence-corrected chi connectivity index (χ3v) is 5.46. The molecule has 0 radical (unpaired) electrons. The number of fused-ring (bicyclic) bond motifs is 1. The molecule has 1 heterocycles. The summed E-state index contributed by atoms with van der Waals surface area (Å²) >= 11 is 0. The molecule has 1 aliphatic heterocycles. The number of carbonyl (C=O) groups excluding carboxylic acids is 2. The van der Waals surface area contributed by atoms with Gasteiger partial charge < -0.3 is 20.9 Å². The molecule has 6 heteroatoms. The second-order valence-electron chi connectivity index (χ2n) is 7.24. The summed E-state index contributed by atoms with van der Waals surface area (Å²) in [5.74, 6) is 0.706. The van der Waals surface area contributed by atoms with Crippen LogP contribution in [0.5, 0.6) is 0 Å². The fourth-order valence-corrected chi connectivity index (χ4v) is 4.19. The molecule has 4 amide bonds. The molecule has 0 aromatic carbocycles. The lowest BCUT2D eigenvalue weighted by Crippen LogP contribution is -2.53. The normalized spacial score (nSPS) is 25.1. The number of urea groups is 2. The van der Waals surface area contributed by atoms with Gasteiger partial charge in [0.15, 0.2) is 0 Å². The van der Waals surface area contributed by atoms with E-state index in [2.05, 4.69) is 20.9 Å². The Labute approximate surface area is 150 Å². The number of hydrogen-bond acceptors (Lipinski definition) is 2. The maximum absolute atomic E-state index is 12.5. The Balaban J connectivity index is 1.30. The van der Waals surface area contributed by atoms with Gasteiger partial charge in [0, 0.05) is 37.8 Å². The first-order valence-electron chi connectivity index (χ1n) is 9.69. The highest BCUT2D eigenvalue weighted by Gasteiger charge is 2.35. The second-order valence-corrected chi connectivity index (χ2v) is 7.24. The number of amides is 4. The van der Waals surface area contributed by atoms with Crippen LogP contribution in [0, 0.1) is 5.92 Å². The largest absolute Gasteiger partial charge is 0.338 e. The van der Waals surface area contributed by atoms with Gasteiger partial charge in [-0.3, -0.25) is 0 Å². The van der Waals surface area contributed by atoms with Gasteiger partial charge in [-0.1, -0.05) is 25.0 Å². The Hall–Kier alpha value is -1.98. The monoisotopic (exact) mass is 346 g/mol. The molecule has 0 aromatic rings. The van der Waals surface area contributed by atoms with Gasteiger partial charge in [0.1, 0.15) is 0 Å². The summed E-state index contributed by atoms with van der Waals surface area (Å²) in [6.07, 6.45) is 14.7. The third kappa shape index (κ3) is 5.00. The van der Waals surface area contributed by atoms with Crippen molar-refractivity contribution in [1.29, 1.82) is 0 Å². The Morgan fingerprint density at radius 1 is 1.08 bits per heavy atom. The number of piperidine rings is 1. The second kappa shape index (κ2) is 8.92. The Kier molecular flexibility index (Phi) is 6.36. The van der Waals surface area contributed by atoms with Gasteiger partial charge in [0.05, 0.1) is 0 Å². The lowest BCUT2D eigenvalue weighted by atomic mass is 9.78. The molecule has 2 fully saturated rings. The van der Waals surface area contributed by atoms with Crippen molar-refractivity contribution in [3.8, 4) is 0 Å². The average Bonchev–Trinajstić information content (AvgIpc) is 3.13. The van der Waals surface area contributed by atoms with E-state index in [1.165, 1.54) is 25.7 Å². The highest BCUT2D eigenvalue weighted by Crippen LogP contribution is 2.35. The van der Waals surface area contributed by atoms with Gasteiger partial charge >= 0.3 is 12.1 Å². The van der Waals surface area contributed by atoms with Crippen LogP contribution in [0.4, 0.5) is 9.59 Å². The molecular weight excluding hydrogens is 316 g/mol. The number of likely N-dealkylation sites (tertiary alicyclic amines) is 1. The van der Waals surface area contributed by atoms with Gasteiger partial charge in [0.25, 0.3) is 0 Å². The van der Waals surface area contributed by atoms with E-state index in [9.17, 15) is 9.59 Å². The van der Waals surface area contributed by atoms with E-state index < -0.39 is 0 Å². The minimum atomic E-state index is -0.178. The molecule has 3 aliphatic rings. The van der Waals surface area contributed by atoms with Crippen LogP contribution >= 0.6 is 0 Å². The van der Waals surface area contributed by atoms with E-state index in [4.69, 9.17) is 0 Å². The molecule has 3 N–H and O–H groups in total. The SMILES string of the molecule is O=C(NCCCNC(=O)N1CCCC2CCCCC21)NC1=CC=CC1. The van der Waals surface area contributed by atoms with Crippen molar-refractivity contribution < 1.29 is 9.59 Å². The van der Waals surface area contributed by atoms with Crippen molar-refractivity contribution in [3.63, 3.8) is 0 Å². The van der Waals surface area contributed by atoms with E-state index in [-0.39, 0.29) is 12.1 Å². The van der Waals surface area contributed by atoms with Crippen molar-refractivity contribution in [1.82, 2.24) is 20.9 Å². The summed E-state index contributed by atoms with van der Waals surface area (Å²) < 4.78 is 0. The minimum absolute atomic E-state index is 0.0724. The van der Waals surface area contributed by atoms with Crippen LogP contribution in [0.15, 0.2) is 23.9 Å². The summed E-state index contributed by atoms with van der Waals surface area (Å²) in [5.41, 5.74) is 0.915. The van der Waals surface area contributed by atoms with Crippen molar-refractivity contribution >= 4 is 12.1 Å². The molecule has 25 heavy (non-hydrogen) atoms. The predicted octanol–water partition coefficient (Wildman–Crippen LogP) is 2.88. The lowest BCUT2D eigenvalue weighted by molar-refractivity contribution is 0.0843. The maximum atomic E-state index is 12.5. The molecule has 6 nitrogen and oxygen atoms in total. The molecule has 1 saturated carbocycles. The van der Waals surface area contributed by atoms with E-state index in [0.717, 1.165) is 37.9 Å².